The molecule has 0 spiro atoms. The highest BCUT2D eigenvalue weighted by atomic mass is 32.1. The number of carbonyl (C=O) groups excluding carboxylic acids is 2. The van der Waals surface area contributed by atoms with Crippen LogP contribution in [-0.2, 0) is 16.0 Å². The molecule has 0 saturated heterocycles. The van der Waals surface area contributed by atoms with Gasteiger partial charge in [-0.25, -0.2) is 9.78 Å². The summed E-state index contributed by atoms with van der Waals surface area (Å²) >= 11 is 2.48. The van der Waals surface area contributed by atoms with Crippen molar-refractivity contribution in [1.29, 1.82) is 5.26 Å². The first-order chi connectivity index (χ1) is 15.0. The van der Waals surface area contributed by atoms with Crippen LogP contribution in [0.4, 0.5) is 5.00 Å². The first-order valence-corrected chi connectivity index (χ1v) is 11.3. The van der Waals surface area contributed by atoms with Crippen molar-refractivity contribution >= 4 is 39.6 Å². The minimum Gasteiger partial charge on any atom is -0.493 e. The monoisotopic (exact) mass is 455 g/mol. The van der Waals surface area contributed by atoms with Gasteiger partial charge in [0, 0.05) is 5.38 Å². The van der Waals surface area contributed by atoms with E-state index in [1.807, 2.05) is 36.6 Å². The van der Waals surface area contributed by atoms with Gasteiger partial charge in [0.1, 0.15) is 26.7 Å². The predicted molar refractivity (Wildman–Crippen MR) is 121 cm³/mol. The number of para-hydroxylation sites is 1. The number of esters is 1. The Kier molecular flexibility index (Phi) is 7.39. The van der Waals surface area contributed by atoms with Crippen LogP contribution in [0.3, 0.4) is 0 Å². The van der Waals surface area contributed by atoms with Gasteiger partial charge in [-0.05, 0) is 38.5 Å². The molecule has 1 N–H and O–H groups in total. The van der Waals surface area contributed by atoms with Crippen molar-refractivity contribution in [3.63, 3.8) is 0 Å². The van der Waals surface area contributed by atoms with Gasteiger partial charge in [0.15, 0.2) is 0 Å². The van der Waals surface area contributed by atoms with Gasteiger partial charge in [-0.3, -0.25) is 4.79 Å². The summed E-state index contributed by atoms with van der Waals surface area (Å²) in [6.45, 7) is 6.08. The number of nitrogens with zero attached hydrogens (tertiary/aromatic N) is 2. The Labute approximate surface area is 188 Å². The van der Waals surface area contributed by atoms with Gasteiger partial charge in [-0.2, -0.15) is 5.26 Å². The van der Waals surface area contributed by atoms with Crippen molar-refractivity contribution in [2.75, 3.05) is 18.5 Å². The molecule has 9 heteroatoms. The number of hydrogen-bond donors (Lipinski definition) is 1. The lowest BCUT2D eigenvalue weighted by atomic mass is 10.1. The molecular weight excluding hydrogens is 434 g/mol. The van der Waals surface area contributed by atoms with Crippen LogP contribution in [0.1, 0.15) is 40.3 Å². The molecule has 0 aliphatic rings. The van der Waals surface area contributed by atoms with Crippen LogP contribution < -0.4 is 10.1 Å². The van der Waals surface area contributed by atoms with Gasteiger partial charge in [0.05, 0.1) is 36.5 Å². The van der Waals surface area contributed by atoms with Gasteiger partial charge < -0.3 is 14.8 Å². The summed E-state index contributed by atoms with van der Waals surface area (Å²) in [5, 5.41) is 15.1. The van der Waals surface area contributed by atoms with Gasteiger partial charge in [-0.1, -0.05) is 12.1 Å². The molecule has 160 valence electrons. The molecule has 0 fully saturated rings. The zero-order valence-corrected chi connectivity index (χ0v) is 19.0. The third-order valence-electron chi connectivity index (χ3n) is 4.28. The Bertz CT molecular complexity index is 1140. The van der Waals surface area contributed by atoms with Gasteiger partial charge in [-0.15, -0.1) is 22.7 Å². The number of anilines is 1. The summed E-state index contributed by atoms with van der Waals surface area (Å²) in [4.78, 5) is 29.6. The Morgan fingerprint density at radius 3 is 2.71 bits per heavy atom. The molecule has 3 rings (SSSR count). The number of amides is 1. The summed E-state index contributed by atoms with van der Waals surface area (Å²) < 4.78 is 10.7. The smallest absolute Gasteiger partial charge is 0.348 e. The van der Waals surface area contributed by atoms with E-state index in [9.17, 15) is 14.9 Å². The number of hydrogen-bond acceptors (Lipinski definition) is 8. The molecule has 0 unspecified atom stereocenters. The van der Waals surface area contributed by atoms with Crippen molar-refractivity contribution in [2.24, 2.45) is 0 Å². The molecule has 1 amide bonds. The Hall–Kier alpha value is -3.22. The normalized spacial score (nSPS) is 10.4. The summed E-state index contributed by atoms with van der Waals surface area (Å²) in [6.07, 6.45) is 0.0455. The Balaban J connectivity index is 1.75. The zero-order valence-electron chi connectivity index (χ0n) is 17.4. The van der Waals surface area contributed by atoms with E-state index < -0.39 is 5.97 Å². The lowest BCUT2D eigenvalue weighted by Gasteiger charge is -2.07. The van der Waals surface area contributed by atoms with Crippen LogP contribution >= 0.6 is 22.7 Å². The number of rotatable bonds is 8. The Morgan fingerprint density at radius 2 is 2.00 bits per heavy atom. The number of nitrogens with one attached hydrogen (secondary N) is 1. The van der Waals surface area contributed by atoms with E-state index in [4.69, 9.17) is 9.47 Å². The number of carbonyl (C=O) groups is 2. The van der Waals surface area contributed by atoms with E-state index in [1.54, 1.807) is 13.8 Å². The van der Waals surface area contributed by atoms with Crippen molar-refractivity contribution in [3.05, 3.63) is 51.3 Å². The number of thiophene rings is 1. The maximum atomic E-state index is 12.6. The fraction of sp³-hybridized carbons (Fsp3) is 0.273. The fourth-order valence-corrected chi connectivity index (χ4v) is 4.82. The van der Waals surface area contributed by atoms with Crippen LogP contribution in [0.2, 0.25) is 0 Å². The highest BCUT2D eigenvalue weighted by Gasteiger charge is 2.22. The van der Waals surface area contributed by atoms with Crippen LogP contribution in [0.25, 0.3) is 10.6 Å². The van der Waals surface area contributed by atoms with E-state index >= 15 is 0 Å². The summed E-state index contributed by atoms with van der Waals surface area (Å²) in [6, 6.07) is 9.68. The minimum atomic E-state index is -0.501. The number of aromatic nitrogens is 1. The molecule has 0 aliphatic heterocycles. The maximum Gasteiger partial charge on any atom is 0.348 e. The van der Waals surface area contributed by atoms with E-state index in [-0.39, 0.29) is 24.5 Å². The number of nitriles is 1. The van der Waals surface area contributed by atoms with Crippen LogP contribution in [0.15, 0.2) is 29.6 Å². The minimum absolute atomic E-state index is 0.0455. The lowest BCUT2D eigenvalue weighted by molar-refractivity contribution is -0.115. The second-order valence-electron chi connectivity index (χ2n) is 6.39. The molecule has 0 atom stereocenters. The van der Waals surface area contributed by atoms with E-state index in [0.29, 0.717) is 27.7 Å². The summed E-state index contributed by atoms with van der Waals surface area (Å²) in [5.41, 5.74) is 2.26. The first-order valence-electron chi connectivity index (χ1n) is 9.65. The second kappa shape index (κ2) is 10.2. The third-order valence-corrected chi connectivity index (χ3v) is 6.39. The molecule has 2 heterocycles. The van der Waals surface area contributed by atoms with Gasteiger partial charge in [0.25, 0.3) is 0 Å². The lowest BCUT2D eigenvalue weighted by Crippen LogP contribution is -2.14. The van der Waals surface area contributed by atoms with Crippen LogP contribution in [-0.4, -0.2) is 30.1 Å². The number of ether oxygens (including phenoxy) is 2. The third kappa shape index (κ3) is 5.10. The van der Waals surface area contributed by atoms with Crippen molar-refractivity contribution in [1.82, 2.24) is 4.98 Å². The van der Waals surface area contributed by atoms with Gasteiger partial charge in [0.2, 0.25) is 5.91 Å². The fourth-order valence-electron chi connectivity index (χ4n) is 2.90. The SMILES string of the molecule is CCOC(=O)c1sc(NC(=O)Cc2csc(-c3ccccc3OCC)n2)c(C#N)c1C. The Morgan fingerprint density at radius 1 is 1.23 bits per heavy atom. The van der Waals surface area contributed by atoms with E-state index in [1.165, 1.54) is 11.3 Å². The summed E-state index contributed by atoms with van der Waals surface area (Å²) in [7, 11) is 0. The second-order valence-corrected chi connectivity index (χ2v) is 8.27. The number of benzene rings is 1. The van der Waals surface area contributed by atoms with Crippen molar-refractivity contribution in [2.45, 2.75) is 27.2 Å². The average molecular weight is 456 g/mol. The highest BCUT2D eigenvalue weighted by Crippen LogP contribution is 2.34. The quantitative estimate of drug-likeness (QED) is 0.489. The average Bonchev–Trinajstić information content (AvgIpc) is 3.33. The van der Waals surface area contributed by atoms with E-state index in [2.05, 4.69) is 16.4 Å². The largest absolute Gasteiger partial charge is 0.493 e. The van der Waals surface area contributed by atoms with Crippen molar-refractivity contribution in [3.8, 4) is 22.4 Å². The number of thiazole rings is 1. The highest BCUT2D eigenvalue weighted by molar-refractivity contribution is 7.18. The molecule has 2 aromatic heterocycles. The molecular formula is C22H21N3O4S2. The molecule has 0 saturated carbocycles. The predicted octanol–water partition coefficient (Wildman–Crippen LogP) is 4.81. The van der Waals surface area contributed by atoms with Crippen LogP contribution in [0.5, 0.6) is 5.75 Å². The molecule has 3 aromatic rings. The molecule has 0 aliphatic carbocycles. The van der Waals surface area contributed by atoms with Crippen LogP contribution in [0, 0.1) is 18.3 Å². The van der Waals surface area contributed by atoms with Gasteiger partial charge >= 0.3 is 5.97 Å². The zero-order chi connectivity index (χ0) is 22.4. The first kappa shape index (κ1) is 22.5. The van der Waals surface area contributed by atoms with E-state index in [0.717, 1.165) is 27.7 Å². The summed E-state index contributed by atoms with van der Waals surface area (Å²) in [5.74, 6) is -0.0724. The van der Waals surface area contributed by atoms with Crippen molar-refractivity contribution < 1.29 is 19.1 Å². The molecule has 1 aromatic carbocycles. The standard InChI is InChI=1S/C22H21N3O4S2/c1-4-28-17-9-7-6-8-15(17)20-24-14(12-30-20)10-18(26)25-21-16(11-23)13(3)19(31-21)22(27)29-5-2/h6-9,12H,4-5,10H2,1-3H3,(H,25,26). The maximum absolute atomic E-state index is 12.6. The molecule has 0 bridgehead atoms. The molecule has 0 radical (unpaired) electrons. The molecule has 31 heavy (non-hydrogen) atoms. The topological polar surface area (TPSA) is 101 Å². The molecule has 7 nitrogen and oxygen atoms in total.